The molecule has 0 saturated carbocycles. The van der Waals surface area contributed by atoms with E-state index in [0.29, 0.717) is 17.5 Å². The van der Waals surface area contributed by atoms with Crippen molar-refractivity contribution in [2.75, 3.05) is 18.8 Å². The molecule has 0 radical (unpaired) electrons. The third-order valence-electron chi connectivity index (χ3n) is 3.96. The number of thioether (sulfide) groups is 1. The summed E-state index contributed by atoms with van der Waals surface area (Å²) in [5.74, 6) is -1.47. The van der Waals surface area contributed by atoms with Gasteiger partial charge in [0.15, 0.2) is 5.16 Å². The van der Waals surface area contributed by atoms with Gasteiger partial charge >= 0.3 is 6.18 Å². The highest BCUT2D eigenvalue weighted by molar-refractivity contribution is 7.99. The van der Waals surface area contributed by atoms with Crippen LogP contribution in [0.15, 0.2) is 16.1 Å². The second kappa shape index (κ2) is 5.60. The molecule has 0 N–H and O–H groups in total. The summed E-state index contributed by atoms with van der Waals surface area (Å²) in [6.07, 6.45) is -2.83. The Hall–Kier alpha value is -1.51. The maximum Gasteiger partial charge on any atom is 0.393 e. The van der Waals surface area contributed by atoms with Gasteiger partial charge in [-0.1, -0.05) is 11.8 Å². The molecule has 1 saturated heterocycles. The van der Waals surface area contributed by atoms with Gasteiger partial charge in [-0.2, -0.15) is 13.2 Å². The molecule has 2 aliphatic heterocycles. The van der Waals surface area contributed by atoms with E-state index in [9.17, 15) is 22.8 Å². The number of aromatic nitrogens is 2. The lowest BCUT2D eigenvalue weighted by Crippen LogP contribution is -2.46. The minimum absolute atomic E-state index is 0.0192. The van der Waals surface area contributed by atoms with Crippen molar-refractivity contribution < 1.29 is 18.0 Å². The van der Waals surface area contributed by atoms with Gasteiger partial charge in [0.2, 0.25) is 0 Å². The SMILES string of the molecule is O=C(c1cnc2n(c1=O)CCS2)N1CCC[C@@H](C(F)(F)F)C1. The molecular weight excluding hydrogens is 319 g/mol. The van der Waals surface area contributed by atoms with E-state index in [2.05, 4.69) is 4.98 Å². The normalized spacial score (nSPS) is 21.8. The zero-order valence-electron chi connectivity index (χ0n) is 11.6. The molecule has 3 heterocycles. The molecule has 120 valence electrons. The number of carbonyl (C=O) groups excluding carboxylic acids is 1. The monoisotopic (exact) mass is 333 g/mol. The number of carbonyl (C=O) groups is 1. The van der Waals surface area contributed by atoms with Crippen molar-refractivity contribution in [2.24, 2.45) is 5.92 Å². The Bertz CT molecular complexity index is 659. The summed E-state index contributed by atoms with van der Waals surface area (Å²) in [5.41, 5.74) is -0.608. The standard InChI is InChI=1S/C13H14F3N3O2S/c14-13(15,16)8-2-1-3-18(7-8)10(20)9-6-17-12-19(11(9)21)4-5-22-12/h6,8H,1-5,7H2/t8-/m1/s1. The van der Waals surface area contributed by atoms with Crippen LogP contribution >= 0.6 is 11.8 Å². The van der Waals surface area contributed by atoms with E-state index >= 15 is 0 Å². The average molecular weight is 333 g/mol. The zero-order valence-corrected chi connectivity index (χ0v) is 12.4. The minimum Gasteiger partial charge on any atom is -0.338 e. The van der Waals surface area contributed by atoms with Gasteiger partial charge < -0.3 is 4.90 Å². The molecule has 1 amide bonds. The van der Waals surface area contributed by atoms with Crippen LogP contribution in [0.3, 0.4) is 0 Å². The van der Waals surface area contributed by atoms with Crippen molar-refractivity contribution in [1.29, 1.82) is 0 Å². The van der Waals surface area contributed by atoms with Crippen LogP contribution in [-0.4, -0.2) is 45.4 Å². The summed E-state index contributed by atoms with van der Waals surface area (Å²) in [6, 6.07) is 0. The second-order valence-corrected chi connectivity index (χ2v) is 6.45. The number of hydrogen-bond donors (Lipinski definition) is 0. The van der Waals surface area contributed by atoms with Gasteiger partial charge in [0.25, 0.3) is 11.5 Å². The molecule has 2 aliphatic rings. The summed E-state index contributed by atoms with van der Waals surface area (Å²) in [7, 11) is 0. The Morgan fingerprint density at radius 3 is 2.86 bits per heavy atom. The Labute approximate surface area is 128 Å². The fraction of sp³-hybridized carbons (Fsp3) is 0.615. The van der Waals surface area contributed by atoms with Crippen LogP contribution in [0.1, 0.15) is 23.2 Å². The summed E-state index contributed by atoms with van der Waals surface area (Å²) < 4.78 is 39.9. The number of piperidine rings is 1. The quantitative estimate of drug-likeness (QED) is 0.735. The van der Waals surface area contributed by atoms with Gasteiger partial charge in [0, 0.05) is 31.6 Å². The van der Waals surface area contributed by atoms with Crippen LogP contribution in [0.5, 0.6) is 0 Å². The molecule has 22 heavy (non-hydrogen) atoms. The molecule has 0 unspecified atom stereocenters. The minimum atomic E-state index is -4.32. The highest BCUT2D eigenvalue weighted by Gasteiger charge is 2.43. The number of halogens is 3. The summed E-state index contributed by atoms with van der Waals surface area (Å²) in [5, 5.41) is 0.549. The highest BCUT2D eigenvalue weighted by atomic mass is 32.2. The van der Waals surface area contributed by atoms with Crippen molar-refractivity contribution in [3.05, 3.63) is 22.1 Å². The van der Waals surface area contributed by atoms with E-state index in [0.717, 1.165) is 4.90 Å². The number of rotatable bonds is 1. The zero-order chi connectivity index (χ0) is 15.9. The maximum atomic E-state index is 12.8. The Morgan fingerprint density at radius 2 is 2.14 bits per heavy atom. The number of hydrogen-bond acceptors (Lipinski definition) is 4. The fourth-order valence-corrected chi connectivity index (χ4v) is 3.68. The molecule has 0 aromatic carbocycles. The summed E-state index contributed by atoms with van der Waals surface area (Å²) in [6.45, 7) is 0.317. The highest BCUT2D eigenvalue weighted by Crippen LogP contribution is 2.33. The van der Waals surface area contributed by atoms with Crippen LogP contribution in [0, 0.1) is 5.92 Å². The second-order valence-electron chi connectivity index (χ2n) is 5.39. The van der Waals surface area contributed by atoms with Crippen LogP contribution < -0.4 is 5.56 Å². The first-order valence-corrected chi connectivity index (χ1v) is 7.95. The van der Waals surface area contributed by atoms with Gasteiger partial charge in [-0.25, -0.2) is 4.98 Å². The van der Waals surface area contributed by atoms with Crippen molar-refractivity contribution in [2.45, 2.75) is 30.7 Å². The van der Waals surface area contributed by atoms with Crippen LogP contribution in [-0.2, 0) is 6.54 Å². The Morgan fingerprint density at radius 1 is 1.36 bits per heavy atom. The van der Waals surface area contributed by atoms with Crippen molar-refractivity contribution in [3.63, 3.8) is 0 Å². The summed E-state index contributed by atoms with van der Waals surface area (Å²) in [4.78, 5) is 29.8. The van der Waals surface area contributed by atoms with Gasteiger partial charge in [-0.15, -0.1) is 0 Å². The van der Waals surface area contributed by atoms with Crippen LogP contribution in [0.25, 0.3) is 0 Å². The van der Waals surface area contributed by atoms with Crippen molar-refractivity contribution >= 4 is 17.7 Å². The maximum absolute atomic E-state index is 12.8. The Balaban J connectivity index is 1.84. The van der Waals surface area contributed by atoms with Gasteiger partial charge in [-0.05, 0) is 12.8 Å². The van der Waals surface area contributed by atoms with Crippen LogP contribution in [0.4, 0.5) is 13.2 Å². The summed E-state index contributed by atoms with van der Waals surface area (Å²) >= 11 is 1.42. The van der Waals surface area contributed by atoms with Crippen molar-refractivity contribution in [3.8, 4) is 0 Å². The van der Waals surface area contributed by atoms with E-state index in [4.69, 9.17) is 0 Å². The topological polar surface area (TPSA) is 55.2 Å². The smallest absolute Gasteiger partial charge is 0.338 e. The van der Waals surface area contributed by atoms with E-state index < -0.39 is 30.1 Å². The number of alkyl halides is 3. The molecule has 3 rings (SSSR count). The van der Waals surface area contributed by atoms with E-state index in [1.807, 2.05) is 0 Å². The molecule has 1 atom stereocenters. The van der Waals surface area contributed by atoms with E-state index in [-0.39, 0.29) is 24.9 Å². The molecule has 1 aromatic heterocycles. The number of fused-ring (bicyclic) bond motifs is 1. The lowest BCUT2D eigenvalue weighted by atomic mass is 9.97. The van der Waals surface area contributed by atoms with E-state index in [1.54, 1.807) is 0 Å². The first-order valence-electron chi connectivity index (χ1n) is 6.96. The predicted molar refractivity (Wildman–Crippen MR) is 73.9 cm³/mol. The molecule has 1 fully saturated rings. The Kier molecular flexibility index (Phi) is 3.92. The number of amides is 1. The van der Waals surface area contributed by atoms with E-state index in [1.165, 1.54) is 22.5 Å². The molecule has 9 heteroatoms. The first kappa shape index (κ1) is 15.4. The molecule has 1 aromatic rings. The first-order chi connectivity index (χ1) is 10.4. The molecule has 0 aliphatic carbocycles. The van der Waals surface area contributed by atoms with Gasteiger partial charge in [-0.3, -0.25) is 14.2 Å². The number of nitrogens with zero attached hydrogens (tertiary/aromatic N) is 3. The number of likely N-dealkylation sites (tertiary alicyclic amines) is 1. The predicted octanol–water partition coefficient (Wildman–Crippen LogP) is 1.76. The largest absolute Gasteiger partial charge is 0.393 e. The molecule has 0 spiro atoms. The van der Waals surface area contributed by atoms with Crippen LogP contribution in [0.2, 0.25) is 0 Å². The average Bonchev–Trinajstić information content (AvgIpc) is 2.96. The van der Waals surface area contributed by atoms with Crippen molar-refractivity contribution in [1.82, 2.24) is 14.5 Å². The molecular formula is C13H14F3N3O2S. The van der Waals surface area contributed by atoms with Gasteiger partial charge in [0.05, 0.1) is 5.92 Å². The lowest BCUT2D eigenvalue weighted by molar-refractivity contribution is -0.184. The lowest BCUT2D eigenvalue weighted by Gasteiger charge is -2.33. The van der Waals surface area contributed by atoms with Gasteiger partial charge in [0.1, 0.15) is 5.56 Å². The molecule has 0 bridgehead atoms. The third-order valence-corrected chi connectivity index (χ3v) is 4.93. The third kappa shape index (κ3) is 2.73. The molecule has 5 nitrogen and oxygen atoms in total. The fourth-order valence-electron chi connectivity index (χ4n) is 2.76.